The number of nitrogens with one attached hydrogen (secondary N) is 2. The molecule has 0 radical (unpaired) electrons. The zero-order chi connectivity index (χ0) is 27.4. The predicted octanol–water partition coefficient (Wildman–Crippen LogP) is 7.36. The van der Waals surface area contributed by atoms with E-state index in [0.29, 0.717) is 11.3 Å². The van der Waals surface area contributed by atoms with E-state index in [2.05, 4.69) is 15.4 Å². The highest BCUT2D eigenvalue weighted by atomic mass is 35.5. The molecule has 0 bridgehead atoms. The van der Waals surface area contributed by atoms with Gasteiger partial charge >= 0.3 is 6.16 Å². The molecule has 4 aromatic rings. The lowest BCUT2D eigenvalue weighted by atomic mass is 9.96. The van der Waals surface area contributed by atoms with Crippen LogP contribution in [0.15, 0.2) is 66.0 Å². The number of carbonyl (C=O) groups excluding carboxylic acids is 3. The van der Waals surface area contributed by atoms with Crippen molar-refractivity contribution in [1.29, 1.82) is 0 Å². The fraction of sp³-hybridized carbons (Fsp3) is 0.0741. The predicted molar refractivity (Wildman–Crippen MR) is 141 cm³/mol. The first kappa shape index (κ1) is 26.8. The third kappa shape index (κ3) is 5.99. The van der Waals surface area contributed by atoms with E-state index in [1.807, 2.05) is 0 Å². The Kier molecular flexibility index (Phi) is 8.04. The zero-order valence-electron chi connectivity index (χ0n) is 19.9. The molecule has 2 N–H and O–H groups in total. The number of thiophene rings is 1. The number of halogens is 3. The van der Waals surface area contributed by atoms with Gasteiger partial charge < -0.3 is 20.1 Å². The van der Waals surface area contributed by atoms with Gasteiger partial charge in [0.25, 0.3) is 5.91 Å². The molecular weight excluding hydrogens is 538 g/mol. The first-order valence-electron chi connectivity index (χ1n) is 11.0. The van der Waals surface area contributed by atoms with Gasteiger partial charge in [-0.25, -0.2) is 13.6 Å². The van der Waals surface area contributed by atoms with Gasteiger partial charge in [-0.3, -0.25) is 9.59 Å². The molecule has 0 unspecified atom stereocenters. The second-order valence-corrected chi connectivity index (χ2v) is 9.22. The first-order chi connectivity index (χ1) is 18.2. The van der Waals surface area contributed by atoms with Gasteiger partial charge in [-0.1, -0.05) is 17.7 Å². The Labute approximate surface area is 225 Å². The van der Waals surface area contributed by atoms with Crippen molar-refractivity contribution in [2.24, 2.45) is 0 Å². The quantitative estimate of drug-likeness (QED) is 0.182. The van der Waals surface area contributed by atoms with Crippen LogP contribution >= 0.6 is 22.9 Å². The molecule has 38 heavy (non-hydrogen) atoms. The Morgan fingerprint density at radius 1 is 0.921 bits per heavy atom. The van der Waals surface area contributed by atoms with Crippen LogP contribution in [0.1, 0.15) is 31.8 Å². The lowest BCUT2D eigenvalue weighted by Crippen LogP contribution is -2.15. The topological polar surface area (TPSA) is 93.7 Å². The summed E-state index contributed by atoms with van der Waals surface area (Å²) >= 11 is 7.47. The van der Waals surface area contributed by atoms with Crippen molar-refractivity contribution >= 4 is 57.8 Å². The summed E-state index contributed by atoms with van der Waals surface area (Å²) in [7, 11) is 1.17. The number of amides is 1. The highest BCUT2D eigenvalue weighted by molar-refractivity contribution is 7.12. The van der Waals surface area contributed by atoms with Gasteiger partial charge in [-0.05, 0) is 66.4 Å². The van der Waals surface area contributed by atoms with E-state index in [4.69, 9.17) is 16.3 Å². The summed E-state index contributed by atoms with van der Waals surface area (Å²) in [6, 6.07) is 13.8. The third-order valence-electron chi connectivity index (χ3n) is 5.39. The molecule has 4 rings (SSSR count). The molecule has 0 atom stereocenters. The second kappa shape index (κ2) is 11.4. The molecule has 3 aromatic carbocycles. The molecule has 11 heteroatoms. The van der Waals surface area contributed by atoms with Crippen molar-refractivity contribution in [2.45, 2.75) is 6.92 Å². The molecule has 1 aromatic heterocycles. The number of ether oxygens (including phenoxy) is 2. The highest BCUT2D eigenvalue weighted by Crippen LogP contribution is 2.32. The summed E-state index contributed by atoms with van der Waals surface area (Å²) in [6.45, 7) is 1.72. The van der Waals surface area contributed by atoms with E-state index in [1.165, 1.54) is 37.4 Å². The van der Waals surface area contributed by atoms with Gasteiger partial charge in [0.05, 0.1) is 23.5 Å². The van der Waals surface area contributed by atoms with Crippen LogP contribution in [0.5, 0.6) is 5.06 Å². The van der Waals surface area contributed by atoms with E-state index >= 15 is 0 Å². The van der Waals surface area contributed by atoms with Crippen LogP contribution in [0.2, 0.25) is 5.02 Å². The van der Waals surface area contributed by atoms with Gasteiger partial charge in [0.1, 0.15) is 11.6 Å². The zero-order valence-corrected chi connectivity index (χ0v) is 21.5. The van der Waals surface area contributed by atoms with Gasteiger partial charge in [-0.15, -0.1) is 11.3 Å². The number of anilines is 3. The van der Waals surface area contributed by atoms with Crippen LogP contribution in [-0.4, -0.2) is 25.0 Å². The minimum atomic E-state index is -0.924. The van der Waals surface area contributed by atoms with Crippen molar-refractivity contribution in [3.05, 3.63) is 105 Å². The Morgan fingerprint density at radius 3 is 2.42 bits per heavy atom. The van der Waals surface area contributed by atoms with Crippen LogP contribution in [0.3, 0.4) is 0 Å². The Hall–Kier alpha value is -4.28. The number of benzene rings is 3. The van der Waals surface area contributed by atoms with Crippen LogP contribution in [0.25, 0.3) is 0 Å². The summed E-state index contributed by atoms with van der Waals surface area (Å²) < 4.78 is 36.6. The first-order valence-corrected chi connectivity index (χ1v) is 12.2. The number of rotatable bonds is 7. The smallest absolute Gasteiger partial charge is 0.437 e. The average Bonchev–Trinajstić information content (AvgIpc) is 3.31. The van der Waals surface area contributed by atoms with E-state index in [-0.39, 0.29) is 38.2 Å². The maximum atomic E-state index is 14.0. The normalized spacial score (nSPS) is 10.6. The maximum absolute atomic E-state index is 14.0. The van der Waals surface area contributed by atoms with E-state index < -0.39 is 29.5 Å². The summed E-state index contributed by atoms with van der Waals surface area (Å²) in [5.41, 5.74) is 1.93. The molecule has 0 spiro atoms. The number of aryl methyl sites for hydroxylation is 1. The Morgan fingerprint density at radius 2 is 1.71 bits per heavy atom. The Bertz CT molecular complexity index is 1560. The average molecular weight is 557 g/mol. The number of methoxy groups -OCH3 is 1. The van der Waals surface area contributed by atoms with Crippen molar-refractivity contribution in [1.82, 2.24) is 0 Å². The number of hydrogen-bond acceptors (Lipinski definition) is 7. The van der Waals surface area contributed by atoms with E-state index in [1.54, 1.807) is 30.5 Å². The SMILES string of the molecule is COC(=O)Oc1sccc1NC(=O)c1ccc(C)c(C(=O)c2ccc(Nc3ccc(F)cc3F)cc2Cl)c1. The lowest BCUT2D eigenvalue weighted by molar-refractivity contribution is 0.102. The third-order valence-corrected chi connectivity index (χ3v) is 6.49. The van der Waals surface area contributed by atoms with Gasteiger partial charge in [0.15, 0.2) is 5.78 Å². The second-order valence-electron chi connectivity index (χ2n) is 7.93. The van der Waals surface area contributed by atoms with Crippen molar-refractivity contribution < 1.29 is 32.6 Å². The molecular formula is C27H19ClF2N2O5S. The summed E-state index contributed by atoms with van der Waals surface area (Å²) in [5, 5.41) is 7.32. The van der Waals surface area contributed by atoms with E-state index in [0.717, 1.165) is 23.5 Å². The van der Waals surface area contributed by atoms with Crippen molar-refractivity contribution in [3.63, 3.8) is 0 Å². The van der Waals surface area contributed by atoms with Crippen molar-refractivity contribution in [3.8, 4) is 5.06 Å². The minimum absolute atomic E-state index is 0.0434. The molecule has 0 saturated heterocycles. The fourth-order valence-electron chi connectivity index (χ4n) is 3.46. The van der Waals surface area contributed by atoms with Crippen LogP contribution in [0, 0.1) is 18.6 Å². The molecule has 0 fully saturated rings. The summed E-state index contributed by atoms with van der Waals surface area (Å²) in [6.07, 6.45) is -0.924. The number of ketones is 1. The Balaban J connectivity index is 1.54. The van der Waals surface area contributed by atoms with E-state index in [9.17, 15) is 23.2 Å². The van der Waals surface area contributed by atoms with Gasteiger partial charge in [-0.2, -0.15) is 0 Å². The molecule has 0 aliphatic rings. The van der Waals surface area contributed by atoms with Crippen LogP contribution in [-0.2, 0) is 4.74 Å². The lowest BCUT2D eigenvalue weighted by Gasteiger charge is -2.12. The summed E-state index contributed by atoms with van der Waals surface area (Å²) in [4.78, 5) is 37.7. The standard InChI is InChI=1S/C27H19ClF2N2O5S/c1-14-3-4-15(25(34)32-23-9-10-38-26(23)37-27(35)36-2)11-19(14)24(33)18-7-6-17(13-20(18)28)31-22-8-5-16(29)12-21(22)30/h3-13,31H,1-2H3,(H,32,34). The molecule has 194 valence electrons. The van der Waals surface area contributed by atoms with Crippen LogP contribution < -0.4 is 15.4 Å². The number of hydrogen-bond donors (Lipinski definition) is 2. The summed E-state index contributed by atoms with van der Waals surface area (Å²) in [5.74, 6) is -2.44. The largest absolute Gasteiger partial charge is 0.514 e. The fourth-order valence-corrected chi connectivity index (χ4v) is 4.41. The monoisotopic (exact) mass is 556 g/mol. The van der Waals surface area contributed by atoms with Gasteiger partial charge in [0.2, 0.25) is 5.06 Å². The maximum Gasteiger partial charge on any atom is 0.514 e. The highest BCUT2D eigenvalue weighted by Gasteiger charge is 2.20. The molecule has 0 saturated carbocycles. The van der Waals surface area contributed by atoms with Crippen LogP contribution in [0.4, 0.5) is 30.6 Å². The van der Waals surface area contributed by atoms with Gasteiger partial charge in [0, 0.05) is 28.4 Å². The minimum Gasteiger partial charge on any atom is -0.437 e. The number of carbonyl (C=O) groups is 3. The molecule has 1 amide bonds. The molecule has 1 heterocycles. The van der Waals surface area contributed by atoms with Crippen molar-refractivity contribution in [2.75, 3.05) is 17.7 Å². The molecule has 0 aliphatic carbocycles. The molecule has 0 aliphatic heterocycles. The molecule has 7 nitrogen and oxygen atoms in total.